The quantitative estimate of drug-likeness (QED) is 0.812. The van der Waals surface area contributed by atoms with E-state index in [-0.39, 0.29) is 6.04 Å². The number of nitrogens with one attached hydrogen (secondary N) is 1. The average molecular weight is 253 g/mol. The molecule has 2 rings (SSSR count). The third-order valence-electron chi connectivity index (χ3n) is 4.59. The Kier molecular flexibility index (Phi) is 4.62. The van der Waals surface area contributed by atoms with Gasteiger partial charge in [0.05, 0.1) is 6.04 Å². The number of likely N-dealkylation sites (N-methyl/N-ethyl adjacent to an activating group) is 1. The third-order valence-corrected chi connectivity index (χ3v) is 4.59. The van der Waals surface area contributed by atoms with Gasteiger partial charge in [0, 0.05) is 19.1 Å². The van der Waals surface area contributed by atoms with E-state index in [4.69, 9.17) is 0 Å². The molecule has 0 spiro atoms. The molecule has 4 nitrogen and oxygen atoms in total. The van der Waals surface area contributed by atoms with E-state index in [1.54, 1.807) is 0 Å². The molecule has 2 aliphatic rings. The van der Waals surface area contributed by atoms with Crippen molar-refractivity contribution in [1.82, 2.24) is 15.1 Å². The molecule has 4 heteroatoms. The Hall–Kier alpha value is -0.610. The summed E-state index contributed by atoms with van der Waals surface area (Å²) in [5.41, 5.74) is 0. The molecule has 2 fully saturated rings. The van der Waals surface area contributed by atoms with Gasteiger partial charge in [0.25, 0.3) is 0 Å². The minimum Gasteiger partial charge on any atom is -0.340 e. The monoisotopic (exact) mass is 253 g/mol. The van der Waals surface area contributed by atoms with Gasteiger partial charge < -0.3 is 15.1 Å². The molecule has 2 heterocycles. The van der Waals surface area contributed by atoms with E-state index in [1.807, 2.05) is 0 Å². The largest absolute Gasteiger partial charge is 0.340 e. The van der Waals surface area contributed by atoms with Gasteiger partial charge in [-0.2, -0.15) is 0 Å². The molecule has 0 saturated carbocycles. The molecule has 2 saturated heterocycles. The first-order valence-electron chi connectivity index (χ1n) is 7.30. The predicted molar refractivity (Wildman–Crippen MR) is 73.5 cm³/mol. The molecule has 0 aliphatic carbocycles. The summed E-state index contributed by atoms with van der Waals surface area (Å²) in [4.78, 5) is 16.8. The van der Waals surface area contributed by atoms with Crippen molar-refractivity contribution in [3.8, 4) is 0 Å². The van der Waals surface area contributed by atoms with Crippen LogP contribution in [0.4, 0.5) is 0 Å². The molecule has 2 aliphatic heterocycles. The number of carbonyl (C=O) groups is 1. The van der Waals surface area contributed by atoms with E-state index >= 15 is 0 Å². The maximum absolute atomic E-state index is 12.5. The highest BCUT2D eigenvalue weighted by Crippen LogP contribution is 2.22. The lowest BCUT2D eigenvalue weighted by molar-refractivity contribution is -0.133. The van der Waals surface area contributed by atoms with Crippen molar-refractivity contribution >= 4 is 5.91 Å². The first-order valence-corrected chi connectivity index (χ1v) is 7.30. The standard InChI is InChI=1S/C14H27N3O/c1-4-11-5-7-15-13(9-11)14(18)17-8-6-12(10-17)16(2)3/h11-13,15H,4-10H2,1-3H3. The molecule has 3 atom stereocenters. The van der Waals surface area contributed by atoms with Gasteiger partial charge in [0.2, 0.25) is 5.91 Å². The van der Waals surface area contributed by atoms with E-state index in [0.29, 0.717) is 11.9 Å². The highest BCUT2D eigenvalue weighted by Gasteiger charge is 2.33. The molecule has 3 unspecified atom stereocenters. The minimum absolute atomic E-state index is 0.0737. The molecule has 1 N–H and O–H groups in total. The fourth-order valence-corrected chi connectivity index (χ4v) is 3.14. The van der Waals surface area contributed by atoms with Crippen molar-refractivity contribution in [1.29, 1.82) is 0 Å². The Morgan fingerprint density at radius 2 is 2.17 bits per heavy atom. The molecule has 0 aromatic heterocycles. The van der Waals surface area contributed by atoms with E-state index < -0.39 is 0 Å². The van der Waals surface area contributed by atoms with Crippen LogP contribution >= 0.6 is 0 Å². The highest BCUT2D eigenvalue weighted by molar-refractivity contribution is 5.82. The van der Waals surface area contributed by atoms with Crippen LogP contribution in [0, 0.1) is 5.92 Å². The van der Waals surface area contributed by atoms with E-state index in [1.165, 1.54) is 12.8 Å². The van der Waals surface area contributed by atoms with Crippen molar-refractivity contribution in [2.75, 3.05) is 33.7 Å². The molecular formula is C14H27N3O. The van der Waals surface area contributed by atoms with Crippen molar-refractivity contribution in [3.05, 3.63) is 0 Å². The van der Waals surface area contributed by atoms with Gasteiger partial charge >= 0.3 is 0 Å². The van der Waals surface area contributed by atoms with Crippen molar-refractivity contribution in [3.63, 3.8) is 0 Å². The molecular weight excluding hydrogens is 226 g/mol. The molecule has 1 amide bonds. The zero-order chi connectivity index (χ0) is 13.1. The summed E-state index contributed by atoms with van der Waals surface area (Å²) >= 11 is 0. The zero-order valence-electron chi connectivity index (χ0n) is 12.0. The van der Waals surface area contributed by atoms with Gasteiger partial charge in [-0.1, -0.05) is 13.3 Å². The van der Waals surface area contributed by atoms with E-state index in [0.717, 1.165) is 38.4 Å². The van der Waals surface area contributed by atoms with Crippen LogP contribution in [0.1, 0.15) is 32.6 Å². The van der Waals surface area contributed by atoms with Gasteiger partial charge in [0.15, 0.2) is 0 Å². The van der Waals surface area contributed by atoms with E-state index in [2.05, 4.69) is 36.1 Å². The Bertz CT molecular complexity index is 293. The number of rotatable bonds is 3. The number of carbonyl (C=O) groups excluding carboxylic acids is 1. The van der Waals surface area contributed by atoms with Crippen LogP contribution in [0.3, 0.4) is 0 Å². The molecule has 18 heavy (non-hydrogen) atoms. The van der Waals surface area contributed by atoms with Crippen LogP contribution in [-0.2, 0) is 4.79 Å². The fourth-order valence-electron chi connectivity index (χ4n) is 3.14. The van der Waals surface area contributed by atoms with Gasteiger partial charge in [0.1, 0.15) is 0 Å². The Morgan fingerprint density at radius 3 is 2.78 bits per heavy atom. The SMILES string of the molecule is CCC1CCNC(C(=O)N2CCC(N(C)C)C2)C1. The second-order valence-corrected chi connectivity index (χ2v) is 6.00. The summed E-state index contributed by atoms with van der Waals surface area (Å²) in [6.45, 7) is 5.06. The topological polar surface area (TPSA) is 35.6 Å². The van der Waals surface area contributed by atoms with Crippen LogP contribution in [0.5, 0.6) is 0 Å². The Labute approximate surface area is 111 Å². The Morgan fingerprint density at radius 1 is 1.39 bits per heavy atom. The lowest BCUT2D eigenvalue weighted by Crippen LogP contribution is -2.50. The summed E-state index contributed by atoms with van der Waals surface area (Å²) in [6.07, 6.45) is 4.56. The zero-order valence-corrected chi connectivity index (χ0v) is 12.0. The summed E-state index contributed by atoms with van der Waals surface area (Å²) in [5, 5.41) is 3.40. The lowest BCUT2D eigenvalue weighted by atomic mass is 9.90. The van der Waals surface area contributed by atoms with Crippen LogP contribution in [0.15, 0.2) is 0 Å². The first kappa shape index (κ1) is 13.8. The first-order chi connectivity index (χ1) is 8.61. The van der Waals surface area contributed by atoms with Crippen molar-refractivity contribution < 1.29 is 4.79 Å². The summed E-state index contributed by atoms with van der Waals surface area (Å²) < 4.78 is 0. The van der Waals surface area contributed by atoms with Gasteiger partial charge in [-0.3, -0.25) is 4.79 Å². The number of likely N-dealkylation sites (tertiary alicyclic amines) is 1. The molecule has 104 valence electrons. The van der Waals surface area contributed by atoms with Gasteiger partial charge in [-0.05, 0) is 45.8 Å². The molecule has 0 aromatic carbocycles. The summed E-state index contributed by atoms with van der Waals surface area (Å²) in [5.74, 6) is 1.06. The summed E-state index contributed by atoms with van der Waals surface area (Å²) in [7, 11) is 4.20. The smallest absolute Gasteiger partial charge is 0.239 e. The van der Waals surface area contributed by atoms with Crippen LogP contribution < -0.4 is 5.32 Å². The summed E-state index contributed by atoms with van der Waals surface area (Å²) in [6, 6.07) is 0.615. The number of nitrogens with zero attached hydrogens (tertiary/aromatic N) is 2. The van der Waals surface area contributed by atoms with Gasteiger partial charge in [-0.25, -0.2) is 0 Å². The fraction of sp³-hybridized carbons (Fsp3) is 0.929. The number of hydrogen-bond donors (Lipinski definition) is 1. The molecule has 0 aromatic rings. The van der Waals surface area contributed by atoms with Crippen LogP contribution in [-0.4, -0.2) is 61.5 Å². The molecule has 0 bridgehead atoms. The maximum Gasteiger partial charge on any atom is 0.239 e. The highest BCUT2D eigenvalue weighted by atomic mass is 16.2. The second-order valence-electron chi connectivity index (χ2n) is 6.00. The van der Waals surface area contributed by atoms with Crippen molar-refractivity contribution in [2.45, 2.75) is 44.7 Å². The predicted octanol–water partition coefficient (Wildman–Crippen LogP) is 0.927. The lowest BCUT2D eigenvalue weighted by Gasteiger charge is -2.32. The third kappa shape index (κ3) is 3.04. The van der Waals surface area contributed by atoms with Gasteiger partial charge in [-0.15, -0.1) is 0 Å². The second kappa shape index (κ2) is 6.02. The number of hydrogen-bond acceptors (Lipinski definition) is 3. The molecule has 0 radical (unpaired) electrons. The Balaban J connectivity index is 1.88. The van der Waals surface area contributed by atoms with E-state index in [9.17, 15) is 4.79 Å². The maximum atomic E-state index is 12.5. The van der Waals surface area contributed by atoms with Crippen LogP contribution in [0.2, 0.25) is 0 Å². The average Bonchev–Trinajstić information content (AvgIpc) is 2.87. The number of piperidine rings is 1. The minimum atomic E-state index is 0.0737. The van der Waals surface area contributed by atoms with Crippen molar-refractivity contribution in [2.24, 2.45) is 5.92 Å². The van der Waals surface area contributed by atoms with Crippen LogP contribution in [0.25, 0.3) is 0 Å². The number of amides is 1. The normalized spacial score (nSPS) is 33.1.